The van der Waals surface area contributed by atoms with Gasteiger partial charge in [-0.05, 0) is 41.4 Å². The molecule has 0 saturated heterocycles. The Bertz CT molecular complexity index is 724. The summed E-state index contributed by atoms with van der Waals surface area (Å²) in [6.45, 7) is 0.720. The van der Waals surface area contributed by atoms with Crippen LogP contribution in [0.2, 0.25) is 0 Å². The van der Waals surface area contributed by atoms with Crippen molar-refractivity contribution in [3.8, 4) is 11.8 Å². The van der Waals surface area contributed by atoms with E-state index in [0.29, 0.717) is 17.6 Å². The third kappa shape index (κ3) is 4.50. The van der Waals surface area contributed by atoms with Crippen LogP contribution in [0.3, 0.4) is 0 Å². The third-order valence-electron chi connectivity index (χ3n) is 3.94. The van der Waals surface area contributed by atoms with E-state index in [1.165, 1.54) is 44.5 Å². The van der Waals surface area contributed by atoms with E-state index in [1.807, 2.05) is 12.1 Å². The van der Waals surface area contributed by atoms with Crippen molar-refractivity contribution in [3.05, 3.63) is 27.9 Å². The molecule has 24 heavy (non-hydrogen) atoms. The van der Waals surface area contributed by atoms with Crippen LogP contribution in [-0.2, 0) is 0 Å². The highest BCUT2D eigenvalue weighted by Gasteiger charge is 2.15. The van der Waals surface area contributed by atoms with Gasteiger partial charge in [-0.25, -0.2) is 9.97 Å². The molecular formula is C16H17IN6O. The fourth-order valence-corrected chi connectivity index (χ4v) is 3.08. The molecule has 1 aliphatic carbocycles. The minimum atomic E-state index is 0.269. The van der Waals surface area contributed by atoms with Crippen LogP contribution in [0.25, 0.3) is 0 Å². The Morgan fingerprint density at radius 3 is 2.71 bits per heavy atom. The van der Waals surface area contributed by atoms with E-state index in [0.717, 1.165) is 16.1 Å². The largest absolute Gasteiger partial charge is 0.490 e. The summed E-state index contributed by atoms with van der Waals surface area (Å²) in [5.74, 6) is 2.39. The van der Waals surface area contributed by atoms with Gasteiger partial charge in [0.2, 0.25) is 0 Å². The highest BCUT2D eigenvalue weighted by atomic mass is 127. The number of halogens is 1. The summed E-state index contributed by atoms with van der Waals surface area (Å²) in [6.07, 6.45) is 9.30. The Morgan fingerprint density at radius 1 is 1.17 bits per heavy atom. The van der Waals surface area contributed by atoms with E-state index < -0.39 is 0 Å². The summed E-state index contributed by atoms with van der Waals surface area (Å²) < 4.78 is 6.70. The molecule has 1 N–H and O–H groups in total. The first kappa shape index (κ1) is 16.8. The standard InChI is InChI=1S/C16H17IN6O/c17-16-13(24-10-11-4-2-1-3-5-11)6-14(22-23-16)21-15-9-19-12(7-18)8-20-15/h6,8-9,11H,1-5,10H2,(H,20,21,22). The number of aromatic nitrogens is 4. The summed E-state index contributed by atoms with van der Waals surface area (Å²) in [5.41, 5.74) is 0.269. The van der Waals surface area contributed by atoms with Crippen molar-refractivity contribution in [1.29, 1.82) is 5.26 Å². The molecule has 1 aliphatic rings. The van der Waals surface area contributed by atoms with Crippen LogP contribution in [0, 0.1) is 20.9 Å². The van der Waals surface area contributed by atoms with Crippen molar-refractivity contribution in [2.75, 3.05) is 11.9 Å². The summed E-state index contributed by atoms with van der Waals surface area (Å²) in [6, 6.07) is 3.75. The molecule has 1 saturated carbocycles. The van der Waals surface area contributed by atoms with Gasteiger partial charge in [-0.15, -0.1) is 10.2 Å². The lowest BCUT2D eigenvalue weighted by Gasteiger charge is -2.21. The van der Waals surface area contributed by atoms with Crippen LogP contribution in [0.4, 0.5) is 11.6 Å². The SMILES string of the molecule is N#Cc1cnc(Nc2cc(OCC3CCCCC3)c(I)nn2)cn1. The molecule has 0 spiro atoms. The number of nitriles is 1. The Balaban J connectivity index is 1.65. The van der Waals surface area contributed by atoms with Crippen LogP contribution in [0.15, 0.2) is 18.5 Å². The van der Waals surface area contributed by atoms with Crippen molar-refractivity contribution in [1.82, 2.24) is 20.2 Å². The van der Waals surface area contributed by atoms with Crippen LogP contribution >= 0.6 is 22.6 Å². The molecule has 0 bridgehead atoms. The molecule has 0 amide bonds. The second kappa shape index (κ2) is 8.19. The highest BCUT2D eigenvalue weighted by Crippen LogP contribution is 2.27. The fourth-order valence-electron chi connectivity index (χ4n) is 2.66. The van der Waals surface area contributed by atoms with E-state index >= 15 is 0 Å². The zero-order valence-corrected chi connectivity index (χ0v) is 15.2. The van der Waals surface area contributed by atoms with Gasteiger partial charge in [0.1, 0.15) is 11.9 Å². The Labute approximate surface area is 154 Å². The second-order valence-corrected chi connectivity index (χ2v) is 6.75. The van der Waals surface area contributed by atoms with E-state index in [4.69, 9.17) is 10.00 Å². The Hall–Kier alpha value is -2.02. The maximum absolute atomic E-state index is 8.74. The molecule has 1 fully saturated rings. The van der Waals surface area contributed by atoms with Crippen molar-refractivity contribution in [2.45, 2.75) is 32.1 Å². The monoisotopic (exact) mass is 436 g/mol. The highest BCUT2D eigenvalue weighted by molar-refractivity contribution is 14.1. The predicted molar refractivity (Wildman–Crippen MR) is 96.8 cm³/mol. The van der Waals surface area contributed by atoms with Gasteiger partial charge >= 0.3 is 0 Å². The van der Waals surface area contributed by atoms with E-state index in [9.17, 15) is 0 Å². The average Bonchev–Trinajstić information content (AvgIpc) is 2.63. The summed E-state index contributed by atoms with van der Waals surface area (Å²) in [5, 5.41) is 20.0. The minimum Gasteiger partial charge on any atom is -0.490 e. The smallest absolute Gasteiger partial charge is 0.165 e. The molecule has 0 aliphatic heterocycles. The van der Waals surface area contributed by atoms with Crippen molar-refractivity contribution in [2.24, 2.45) is 5.92 Å². The van der Waals surface area contributed by atoms with Crippen LogP contribution in [0.1, 0.15) is 37.8 Å². The molecule has 7 nitrogen and oxygen atoms in total. The van der Waals surface area contributed by atoms with Gasteiger partial charge in [-0.2, -0.15) is 5.26 Å². The van der Waals surface area contributed by atoms with E-state index in [2.05, 4.69) is 48.1 Å². The first-order valence-electron chi connectivity index (χ1n) is 7.90. The second-order valence-electron chi connectivity index (χ2n) is 5.72. The summed E-state index contributed by atoms with van der Waals surface area (Å²) >= 11 is 2.12. The number of anilines is 2. The van der Waals surface area contributed by atoms with Crippen LogP contribution in [-0.4, -0.2) is 26.8 Å². The Morgan fingerprint density at radius 2 is 2.00 bits per heavy atom. The first-order valence-corrected chi connectivity index (χ1v) is 8.97. The Kier molecular flexibility index (Phi) is 5.74. The molecule has 0 unspecified atom stereocenters. The lowest BCUT2D eigenvalue weighted by molar-refractivity contribution is 0.207. The van der Waals surface area contributed by atoms with Gasteiger partial charge in [0, 0.05) is 6.07 Å². The summed E-state index contributed by atoms with van der Waals surface area (Å²) in [7, 11) is 0. The van der Waals surface area contributed by atoms with Gasteiger partial charge in [0.05, 0.1) is 19.0 Å². The number of hydrogen-bond donors (Lipinski definition) is 1. The third-order valence-corrected chi connectivity index (χ3v) is 4.69. The van der Waals surface area contributed by atoms with Gasteiger partial charge in [-0.3, -0.25) is 0 Å². The number of hydrogen-bond acceptors (Lipinski definition) is 7. The first-order chi connectivity index (χ1) is 11.7. The van der Waals surface area contributed by atoms with E-state index in [1.54, 1.807) is 0 Å². The lowest BCUT2D eigenvalue weighted by Crippen LogP contribution is -2.16. The van der Waals surface area contributed by atoms with Gasteiger partial charge in [0.25, 0.3) is 0 Å². The molecule has 2 heterocycles. The van der Waals surface area contributed by atoms with Crippen molar-refractivity contribution < 1.29 is 4.74 Å². The molecule has 8 heteroatoms. The zero-order valence-electron chi connectivity index (χ0n) is 13.1. The number of ether oxygens (including phenoxy) is 1. The zero-order chi connectivity index (χ0) is 16.8. The van der Waals surface area contributed by atoms with E-state index in [-0.39, 0.29) is 5.69 Å². The quantitative estimate of drug-likeness (QED) is 0.718. The lowest BCUT2D eigenvalue weighted by atomic mass is 9.90. The van der Waals surface area contributed by atoms with Crippen LogP contribution < -0.4 is 10.1 Å². The molecule has 0 aromatic carbocycles. The minimum absolute atomic E-state index is 0.269. The predicted octanol–water partition coefficient (Wildman–Crippen LogP) is 3.45. The van der Waals surface area contributed by atoms with Crippen molar-refractivity contribution in [3.63, 3.8) is 0 Å². The normalized spacial score (nSPS) is 14.8. The topological polar surface area (TPSA) is 96.6 Å². The molecule has 0 radical (unpaired) electrons. The molecule has 3 rings (SSSR count). The maximum Gasteiger partial charge on any atom is 0.165 e. The van der Waals surface area contributed by atoms with Gasteiger partial charge < -0.3 is 10.1 Å². The summed E-state index contributed by atoms with van der Waals surface area (Å²) in [4.78, 5) is 8.07. The number of nitrogens with one attached hydrogen (secondary N) is 1. The van der Waals surface area contributed by atoms with Gasteiger partial charge in [0.15, 0.2) is 21.0 Å². The molecular weight excluding hydrogens is 419 g/mol. The molecule has 2 aromatic heterocycles. The molecule has 2 aromatic rings. The number of nitrogens with zero attached hydrogens (tertiary/aromatic N) is 5. The molecule has 0 atom stereocenters. The average molecular weight is 436 g/mol. The number of rotatable bonds is 5. The van der Waals surface area contributed by atoms with Crippen LogP contribution in [0.5, 0.6) is 5.75 Å². The van der Waals surface area contributed by atoms with Gasteiger partial charge in [-0.1, -0.05) is 19.3 Å². The van der Waals surface area contributed by atoms with Crippen molar-refractivity contribution >= 4 is 34.2 Å². The fraction of sp³-hybridized carbons (Fsp3) is 0.438. The maximum atomic E-state index is 8.74. The molecule has 124 valence electrons.